The van der Waals surface area contributed by atoms with Gasteiger partial charge in [0.05, 0.1) is 26.4 Å². The van der Waals surface area contributed by atoms with E-state index >= 15 is 0 Å². The summed E-state index contributed by atoms with van der Waals surface area (Å²) in [6.07, 6.45) is 61.1. The molecule has 0 aromatic rings. The first kappa shape index (κ1) is 97.1. The summed E-state index contributed by atoms with van der Waals surface area (Å²) in [5.74, 6) is -0.559. The van der Waals surface area contributed by atoms with Crippen molar-refractivity contribution in [2.24, 2.45) is 11.8 Å². The second-order valence-corrected chi connectivity index (χ2v) is 32.4. The highest BCUT2D eigenvalue weighted by atomic mass is 31.2. The molecule has 3 N–H and O–H groups in total. The Labute approximate surface area is 607 Å². The Bertz CT molecular complexity index is 1910. The summed E-state index contributed by atoms with van der Waals surface area (Å²) in [6.45, 7) is 9.62. The molecule has 0 spiro atoms. The molecule has 0 saturated carbocycles. The number of hydrogen-bond donors (Lipinski definition) is 3. The lowest BCUT2D eigenvalue weighted by Gasteiger charge is -2.21. The number of carbonyl (C=O) groups is 4. The number of carbonyl (C=O) groups excluding carboxylic acids is 4. The van der Waals surface area contributed by atoms with Crippen LogP contribution in [0.3, 0.4) is 0 Å². The van der Waals surface area contributed by atoms with Crippen molar-refractivity contribution in [3.63, 3.8) is 0 Å². The van der Waals surface area contributed by atoms with E-state index < -0.39 is 97.5 Å². The molecule has 0 aliphatic carbocycles. The van der Waals surface area contributed by atoms with Crippen LogP contribution >= 0.6 is 15.6 Å². The average molecular weight is 1450 g/mol. The van der Waals surface area contributed by atoms with Gasteiger partial charge in [0.1, 0.15) is 19.3 Å². The van der Waals surface area contributed by atoms with Crippen molar-refractivity contribution in [1.82, 2.24) is 0 Å². The zero-order valence-corrected chi connectivity index (χ0v) is 66.6. The monoisotopic (exact) mass is 1450 g/mol. The molecule has 0 radical (unpaired) electrons. The molecule has 0 aliphatic rings. The van der Waals surface area contributed by atoms with E-state index in [2.05, 4.69) is 41.5 Å². The summed E-state index contributed by atoms with van der Waals surface area (Å²) >= 11 is 0. The summed E-state index contributed by atoms with van der Waals surface area (Å²) in [7, 11) is -9.92. The number of unbranched alkanes of at least 4 members (excludes halogenated alkanes) is 48. The maximum Gasteiger partial charge on any atom is 0.472 e. The van der Waals surface area contributed by atoms with E-state index in [0.717, 1.165) is 108 Å². The minimum atomic E-state index is -4.96. The highest BCUT2D eigenvalue weighted by Crippen LogP contribution is 2.45. The van der Waals surface area contributed by atoms with Crippen molar-refractivity contribution in [2.45, 2.75) is 439 Å². The van der Waals surface area contributed by atoms with Gasteiger partial charge in [-0.25, -0.2) is 9.13 Å². The Morgan fingerprint density at radius 3 is 0.768 bits per heavy atom. The van der Waals surface area contributed by atoms with Crippen LogP contribution in [0.2, 0.25) is 0 Å². The van der Waals surface area contributed by atoms with E-state index in [4.69, 9.17) is 37.0 Å². The molecule has 0 bridgehead atoms. The van der Waals surface area contributed by atoms with Crippen LogP contribution in [-0.2, 0) is 65.4 Å². The van der Waals surface area contributed by atoms with Crippen LogP contribution in [0.25, 0.3) is 0 Å². The topological polar surface area (TPSA) is 237 Å². The normalized spacial score (nSPS) is 14.2. The van der Waals surface area contributed by atoms with Crippen LogP contribution in [0, 0.1) is 11.8 Å². The number of hydrogen-bond acceptors (Lipinski definition) is 15. The number of aliphatic hydroxyl groups excluding tert-OH is 1. The third-order valence-electron chi connectivity index (χ3n) is 19.1. The van der Waals surface area contributed by atoms with Gasteiger partial charge < -0.3 is 33.8 Å². The van der Waals surface area contributed by atoms with Gasteiger partial charge >= 0.3 is 39.5 Å². The molecule has 0 saturated heterocycles. The lowest BCUT2D eigenvalue weighted by atomic mass is 10.00. The van der Waals surface area contributed by atoms with Crippen LogP contribution in [0.5, 0.6) is 0 Å². The fourth-order valence-corrected chi connectivity index (χ4v) is 13.9. The number of rotatable bonds is 79. The second-order valence-electron chi connectivity index (χ2n) is 29.5. The van der Waals surface area contributed by atoms with Gasteiger partial charge in [-0.2, -0.15) is 0 Å². The third kappa shape index (κ3) is 72.8. The van der Waals surface area contributed by atoms with Crippen LogP contribution in [0.4, 0.5) is 0 Å². The summed E-state index contributed by atoms with van der Waals surface area (Å²) in [6, 6.07) is 0. The largest absolute Gasteiger partial charge is 0.472 e. The summed E-state index contributed by atoms with van der Waals surface area (Å²) in [5.41, 5.74) is 0. The maximum absolute atomic E-state index is 13.1. The highest BCUT2D eigenvalue weighted by Gasteiger charge is 2.30. The SMILES string of the molecule is CCCCCCCCCCCCCCCCCCC(=O)OC[C@H](COP(=O)(O)OC[C@@H](O)COP(=O)(O)OC[C@@H](COC(=O)CCCCCCCCC(C)CC)OC(=O)CCCCCCCCCCCCCC)OC(=O)CCCCCCCCCCCCCCCCCCCCC(C)C. The van der Waals surface area contributed by atoms with Gasteiger partial charge in [0.25, 0.3) is 0 Å². The molecule has 19 heteroatoms. The van der Waals surface area contributed by atoms with Crippen molar-refractivity contribution in [2.75, 3.05) is 39.6 Å². The summed E-state index contributed by atoms with van der Waals surface area (Å²) in [5, 5.41) is 10.6. The smallest absolute Gasteiger partial charge is 0.462 e. The molecule has 0 aliphatic heterocycles. The van der Waals surface area contributed by atoms with E-state index in [0.29, 0.717) is 25.7 Å². The van der Waals surface area contributed by atoms with Gasteiger partial charge in [-0.15, -0.1) is 0 Å². The Morgan fingerprint density at radius 1 is 0.293 bits per heavy atom. The minimum absolute atomic E-state index is 0.107. The van der Waals surface area contributed by atoms with Crippen LogP contribution < -0.4 is 0 Å². The van der Waals surface area contributed by atoms with Crippen molar-refractivity contribution in [1.29, 1.82) is 0 Å². The van der Waals surface area contributed by atoms with Crippen LogP contribution in [-0.4, -0.2) is 96.7 Å². The molecule has 0 amide bonds. The van der Waals surface area contributed by atoms with E-state index in [9.17, 15) is 43.2 Å². The van der Waals surface area contributed by atoms with E-state index in [1.165, 1.54) is 231 Å². The van der Waals surface area contributed by atoms with Gasteiger partial charge in [0.2, 0.25) is 0 Å². The molecule has 0 rings (SSSR count). The van der Waals surface area contributed by atoms with Gasteiger partial charge in [-0.3, -0.25) is 37.3 Å². The molecule has 99 heavy (non-hydrogen) atoms. The first-order valence-electron chi connectivity index (χ1n) is 41.5. The summed E-state index contributed by atoms with van der Waals surface area (Å²) < 4.78 is 68.6. The Balaban J connectivity index is 5.22. The minimum Gasteiger partial charge on any atom is -0.462 e. The molecule has 0 heterocycles. The van der Waals surface area contributed by atoms with Gasteiger partial charge in [-0.1, -0.05) is 369 Å². The van der Waals surface area contributed by atoms with Crippen LogP contribution in [0.1, 0.15) is 420 Å². The molecular weight excluding hydrogens is 1290 g/mol. The van der Waals surface area contributed by atoms with Gasteiger partial charge in [-0.05, 0) is 37.5 Å². The Kier molecular flexibility index (Phi) is 70.3. The molecular formula is C80H156O17P2. The Hall–Kier alpha value is -1.94. The van der Waals surface area contributed by atoms with Crippen LogP contribution in [0.15, 0.2) is 0 Å². The van der Waals surface area contributed by atoms with E-state index in [-0.39, 0.29) is 25.7 Å². The number of phosphoric acid groups is 2. The Morgan fingerprint density at radius 2 is 0.515 bits per heavy atom. The molecule has 17 nitrogen and oxygen atoms in total. The molecule has 588 valence electrons. The van der Waals surface area contributed by atoms with Crippen molar-refractivity contribution in [3.8, 4) is 0 Å². The lowest BCUT2D eigenvalue weighted by molar-refractivity contribution is -0.161. The quantitative estimate of drug-likeness (QED) is 0.0222. The van der Waals surface area contributed by atoms with Gasteiger partial charge in [0, 0.05) is 25.7 Å². The molecule has 3 unspecified atom stereocenters. The number of aliphatic hydroxyl groups is 1. The van der Waals surface area contributed by atoms with Gasteiger partial charge in [0.15, 0.2) is 12.2 Å². The molecule has 0 aromatic carbocycles. The maximum atomic E-state index is 13.1. The van der Waals surface area contributed by atoms with Crippen molar-refractivity contribution < 1.29 is 80.2 Å². The van der Waals surface area contributed by atoms with Crippen molar-refractivity contribution in [3.05, 3.63) is 0 Å². The molecule has 6 atom stereocenters. The fraction of sp³-hybridized carbons (Fsp3) is 0.950. The fourth-order valence-electron chi connectivity index (χ4n) is 12.3. The van der Waals surface area contributed by atoms with Crippen molar-refractivity contribution >= 4 is 39.5 Å². The van der Waals surface area contributed by atoms with E-state index in [1.807, 2.05) is 0 Å². The number of esters is 4. The predicted octanol–water partition coefficient (Wildman–Crippen LogP) is 23.9. The third-order valence-corrected chi connectivity index (χ3v) is 21.0. The molecule has 0 aromatic heterocycles. The number of phosphoric ester groups is 2. The summed E-state index contributed by atoms with van der Waals surface area (Å²) in [4.78, 5) is 72.9. The second kappa shape index (κ2) is 71.7. The average Bonchev–Trinajstić information content (AvgIpc) is 0.948. The standard InChI is InChI=1S/C80H156O17P2/c1-7-10-12-14-16-18-20-22-23-29-32-36-39-43-50-56-62-77(82)90-68-75(96-80(85)65-59-53-45-41-37-33-30-27-25-24-26-28-31-34-38-42-48-54-60-72(4)5)70-94-98(86,87)92-66-74(81)67-93-99(88,89)95-71-76(69-91-78(83)63-57-51-47-46-49-55-61-73(6)9-3)97-79(84)64-58-52-44-40-35-21-19-17-15-13-11-8-2/h72-76,81H,7-71H2,1-6H3,(H,86,87)(H,88,89)/t73?,74-,75-,76-/m1/s1. The van der Waals surface area contributed by atoms with E-state index in [1.54, 1.807) is 0 Å². The first-order chi connectivity index (χ1) is 47.9. The zero-order valence-electron chi connectivity index (χ0n) is 64.8. The highest BCUT2D eigenvalue weighted by molar-refractivity contribution is 7.47. The molecule has 0 fully saturated rings. The zero-order chi connectivity index (χ0) is 72.8. The first-order valence-corrected chi connectivity index (χ1v) is 44.5. The predicted molar refractivity (Wildman–Crippen MR) is 405 cm³/mol. The lowest BCUT2D eigenvalue weighted by Crippen LogP contribution is -2.30. The number of ether oxygens (including phenoxy) is 4.